The lowest BCUT2D eigenvalue weighted by Crippen LogP contribution is -2.32. The summed E-state index contributed by atoms with van der Waals surface area (Å²) >= 11 is 0. The number of nitrogens with zero attached hydrogens (tertiary/aromatic N) is 1. The smallest absolute Gasteiger partial charge is 0.412 e. The van der Waals surface area contributed by atoms with Gasteiger partial charge in [0.15, 0.2) is 0 Å². The molecule has 0 saturated carbocycles. The first-order valence-corrected chi connectivity index (χ1v) is 7.73. The minimum absolute atomic E-state index is 0.141. The van der Waals surface area contributed by atoms with Crippen LogP contribution in [-0.2, 0) is 27.2 Å². The standard InChI is InChI=1S/C19H21NO4/c1-15(23-18(21)13-16-9-5-3-6-10-16)24-19(22)20(2)14-17-11-7-4-8-12-17/h3-12,15H,13-14H2,1-2H3. The lowest BCUT2D eigenvalue weighted by Gasteiger charge is -2.20. The highest BCUT2D eigenvalue weighted by atomic mass is 16.7. The predicted molar refractivity (Wildman–Crippen MR) is 90.1 cm³/mol. The number of hydrogen-bond donors (Lipinski definition) is 0. The normalized spacial score (nSPS) is 11.4. The van der Waals surface area contributed by atoms with Gasteiger partial charge in [-0.1, -0.05) is 60.7 Å². The van der Waals surface area contributed by atoms with Crippen LogP contribution < -0.4 is 0 Å². The Balaban J connectivity index is 1.77. The minimum atomic E-state index is -0.938. The molecule has 0 aliphatic rings. The van der Waals surface area contributed by atoms with Gasteiger partial charge in [-0.25, -0.2) is 4.79 Å². The molecule has 5 nitrogen and oxygen atoms in total. The molecule has 0 aliphatic carbocycles. The molecule has 0 bridgehead atoms. The van der Waals surface area contributed by atoms with Crippen molar-refractivity contribution in [2.75, 3.05) is 7.05 Å². The van der Waals surface area contributed by atoms with Gasteiger partial charge in [0.2, 0.25) is 6.29 Å². The Labute approximate surface area is 141 Å². The van der Waals surface area contributed by atoms with Crippen molar-refractivity contribution in [3.05, 3.63) is 71.8 Å². The molecule has 1 atom stereocenters. The van der Waals surface area contributed by atoms with E-state index >= 15 is 0 Å². The summed E-state index contributed by atoms with van der Waals surface area (Å²) in [6, 6.07) is 18.8. The number of ether oxygens (including phenoxy) is 2. The highest BCUT2D eigenvalue weighted by Gasteiger charge is 2.17. The number of esters is 1. The second-order valence-corrected chi connectivity index (χ2v) is 5.45. The Morgan fingerprint density at radius 1 is 0.917 bits per heavy atom. The topological polar surface area (TPSA) is 55.8 Å². The number of benzene rings is 2. The van der Waals surface area contributed by atoms with E-state index in [1.54, 1.807) is 7.05 Å². The van der Waals surface area contributed by atoms with Crippen LogP contribution in [0, 0.1) is 0 Å². The molecule has 126 valence electrons. The minimum Gasteiger partial charge on any atom is -0.425 e. The molecule has 0 aromatic heterocycles. The van der Waals surface area contributed by atoms with Crippen LogP contribution in [0.5, 0.6) is 0 Å². The molecule has 1 amide bonds. The highest BCUT2D eigenvalue weighted by Crippen LogP contribution is 2.07. The first kappa shape index (κ1) is 17.5. The number of rotatable bonds is 6. The molecule has 0 radical (unpaired) electrons. The molecule has 2 rings (SSSR count). The highest BCUT2D eigenvalue weighted by molar-refractivity contribution is 5.73. The van der Waals surface area contributed by atoms with Crippen LogP contribution in [0.25, 0.3) is 0 Å². The van der Waals surface area contributed by atoms with Gasteiger partial charge in [0.25, 0.3) is 0 Å². The van der Waals surface area contributed by atoms with Crippen molar-refractivity contribution >= 4 is 12.1 Å². The van der Waals surface area contributed by atoms with Gasteiger partial charge in [-0.3, -0.25) is 4.79 Å². The van der Waals surface area contributed by atoms with Crippen LogP contribution in [0.2, 0.25) is 0 Å². The molecule has 5 heteroatoms. The van der Waals surface area contributed by atoms with Crippen molar-refractivity contribution < 1.29 is 19.1 Å². The number of carbonyl (C=O) groups is 2. The molecule has 0 spiro atoms. The quantitative estimate of drug-likeness (QED) is 0.603. The van der Waals surface area contributed by atoms with Gasteiger partial charge in [-0.15, -0.1) is 0 Å². The van der Waals surface area contributed by atoms with Crippen molar-refractivity contribution in [1.82, 2.24) is 4.90 Å². The summed E-state index contributed by atoms with van der Waals surface area (Å²) in [5.41, 5.74) is 1.84. The van der Waals surface area contributed by atoms with Crippen LogP contribution in [0.4, 0.5) is 4.79 Å². The molecule has 0 saturated heterocycles. The predicted octanol–water partition coefficient (Wildman–Crippen LogP) is 3.39. The molecule has 2 aromatic carbocycles. The van der Waals surface area contributed by atoms with Gasteiger partial charge in [-0.2, -0.15) is 0 Å². The first-order valence-electron chi connectivity index (χ1n) is 7.73. The third-order valence-electron chi connectivity index (χ3n) is 3.33. The largest absolute Gasteiger partial charge is 0.425 e. The lowest BCUT2D eigenvalue weighted by atomic mass is 10.2. The number of amides is 1. The van der Waals surface area contributed by atoms with E-state index in [4.69, 9.17) is 9.47 Å². The Morgan fingerprint density at radius 2 is 1.46 bits per heavy atom. The Kier molecular flexibility index (Phi) is 6.37. The van der Waals surface area contributed by atoms with E-state index in [0.29, 0.717) is 6.54 Å². The zero-order chi connectivity index (χ0) is 17.4. The fourth-order valence-corrected chi connectivity index (χ4v) is 2.17. The van der Waals surface area contributed by atoms with Gasteiger partial charge < -0.3 is 14.4 Å². The van der Waals surface area contributed by atoms with Crippen molar-refractivity contribution in [3.63, 3.8) is 0 Å². The SMILES string of the molecule is CC(OC(=O)Cc1ccccc1)OC(=O)N(C)Cc1ccccc1. The van der Waals surface area contributed by atoms with Gasteiger partial charge in [0.05, 0.1) is 6.42 Å². The fourth-order valence-electron chi connectivity index (χ4n) is 2.17. The third kappa shape index (κ3) is 5.76. The maximum absolute atomic E-state index is 12.0. The van der Waals surface area contributed by atoms with E-state index in [2.05, 4.69) is 0 Å². The van der Waals surface area contributed by atoms with E-state index in [9.17, 15) is 9.59 Å². The molecular formula is C19H21NO4. The molecular weight excluding hydrogens is 306 g/mol. The molecule has 2 aromatic rings. The molecule has 0 N–H and O–H groups in total. The van der Waals surface area contributed by atoms with Crippen LogP contribution >= 0.6 is 0 Å². The summed E-state index contributed by atoms with van der Waals surface area (Å²) in [6.45, 7) is 1.95. The van der Waals surface area contributed by atoms with Crippen molar-refractivity contribution in [1.29, 1.82) is 0 Å². The monoisotopic (exact) mass is 327 g/mol. The Bertz CT molecular complexity index is 658. The van der Waals surface area contributed by atoms with E-state index in [-0.39, 0.29) is 6.42 Å². The number of hydrogen-bond acceptors (Lipinski definition) is 4. The zero-order valence-corrected chi connectivity index (χ0v) is 13.8. The Hall–Kier alpha value is -2.82. The maximum Gasteiger partial charge on any atom is 0.412 e. The second-order valence-electron chi connectivity index (χ2n) is 5.45. The average molecular weight is 327 g/mol. The van der Waals surface area contributed by atoms with Crippen LogP contribution in [0.15, 0.2) is 60.7 Å². The first-order chi connectivity index (χ1) is 11.5. The van der Waals surface area contributed by atoms with Crippen LogP contribution in [0.1, 0.15) is 18.1 Å². The summed E-state index contributed by atoms with van der Waals surface area (Å²) in [5, 5.41) is 0. The fraction of sp³-hybridized carbons (Fsp3) is 0.263. The summed E-state index contributed by atoms with van der Waals surface area (Å²) in [6.07, 6.45) is -1.34. The van der Waals surface area contributed by atoms with Gasteiger partial charge in [0, 0.05) is 20.5 Å². The number of carbonyl (C=O) groups excluding carboxylic acids is 2. The summed E-state index contributed by atoms with van der Waals surface area (Å²) in [5.74, 6) is -0.438. The second kappa shape index (κ2) is 8.72. The molecule has 0 fully saturated rings. The summed E-state index contributed by atoms with van der Waals surface area (Å²) in [4.78, 5) is 25.3. The van der Waals surface area contributed by atoms with E-state index in [1.807, 2.05) is 60.7 Å². The molecule has 0 heterocycles. The summed E-state index contributed by atoms with van der Waals surface area (Å²) < 4.78 is 10.3. The lowest BCUT2D eigenvalue weighted by molar-refractivity contribution is -0.165. The zero-order valence-electron chi connectivity index (χ0n) is 13.8. The van der Waals surface area contributed by atoms with Gasteiger partial charge in [-0.05, 0) is 11.1 Å². The van der Waals surface area contributed by atoms with E-state index in [1.165, 1.54) is 11.8 Å². The maximum atomic E-state index is 12.0. The third-order valence-corrected chi connectivity index (χ3v) is 3.33. The van der Waals surface area contributed by atoms with Gasteiger partial charge >= 0.3 is 12.1 Å². The Morgan fingerprint density at radius 3 is 2.04 bits per heavy atom. The summed E-state index contributed by atoms with van der Waals surface area (Å²) in [7, 11) is 1.63. The van der Waals surface area contributed by atoms with Crippen molar-refractivity contribution in [2.45, 2.75) is 26.2 Å². The molecule has 24 heavy (non-hydrogen) atoms. The van der Waals surface area contributed by atoms with Crippen molar-refractivity contribution in [3.8, 4) is 0 Å². The molecule has 0 aliphatic heterocycles. The van der Waals surface area contributed by atoms with Crippen LogP contribution in [-0.4, -0.2) is 30.3 Å². The van der Waals surface area contributed by atoms with E-state index in [0.717, 1.165) is 11.1 Å². The van der Waals surface area contributed by atoms with E-state index < -0.39 is 18.4 Å². The van der Waals surface area contributed by atoms with Crippen LogP contribution in [0.3, 0.4) is 0 Å². The molecule has 1 unspecified atom stereocenters. The van der Waals surface area contributed by atoms with Gasteiger partial charge in [0.1, 0.15) is 0 Å². The average Bonchev–Trinajstić information content (AvgIpc) is 2.56. The van der Waals surface area contributed by atoms with Crippen molar-refractivity contribution in [2.24, 2.45) is 0 Å².